The summed E-state index contributed by atoms with van der Waals surface area (Å²) in [6.07, 6.45) is 0.196. The predicted octanol–water partition coefficient (Wildman–Crippen LogP) is 3.07. The zero-order valence-electron chi connectivity index (χ0n) is 10.9. The standard InChI is InChI=1S/C16H13F2NO/c1-19-15(20)9-11-8-13(18)6-7-14(11)16(19)10-2-4-12(17)5-3-10/h2-8,16H,9H2,1H3/t16-/m1/s1. The molecule has 0 bridgehead atoms. The minimum Gasteiger partial charge on any atom is -0.334 e. The van der Waals surface area contributed by atoms with Gasteiger partial charge in [0.25, 0.3) is 0 Å². The number of rotatable bonds is 1. The molecule has 0 spiro atoms. The zero-order chi connectivity index (χ0) is 14.3. The maximum atomic E-state index is 13.3. The minimum atomic E-state index is -0.348. The van der Waals surface area contributed by atoms with Crippen LogP contribution in [0.5, 0.6) is 0 Å². The van der Waals surface area contributed by atoms with Gasteiger partial charge in [-0.15, -0.1) is 0 Å². The molecule has 1 amide bonds. The second-order valence-corrected chi connectivity index (χ2v) is 4.98. The van der Waals surface area contributed by atoms with Crippen LogP contribution in [-0.2, 0) is 11.2 Å². The number of benzene rings is 2. The van der Waals surface area contributed by atoms with Gasteiger partial charge in [0.05, 0.1) is 12.5 Å². The lowest BCUT2D eigenvalue weighted by atomic mass is 9.88. The van der Waals surface area contributed by atoms with E-state index in [-0.39, 0.29) is 30.0 Å². The third kappa shape index (κ3) is 2.07. The van der Waals surface area contributed by atoms with Gasteiger partial charge in [0.1, 0.15) is 11.6 Å². The first-order chi connectivity index (χ1) is 9.56. The van der Waals surface area contributed by atoms with Crippen molar-refractivity contribution in [1.82, 2.24) is 4.90 Å². The van der Waals surface area contributed by atoms with Gasteiger partial charge in [-0.1, -0.05) is 18.2 Å². The average molecular weight is 273 g/mol. The molecule has 0 aliphatic carbocycles. The van der Waals surface area contributed by atoms with Crippen LogP contribution < -0.4 is 0 Å². The third-order valence-electron chi connectivity index (χ3n) is 3.71. The van der Waals surface area contributed by atoms with Crippen LogP contribution in [0.1, 0.15) is 22.7 Å². The number of carbonyl (C=O) groups excluding carboxylic acids is 1. The Balaban J connectivity index is 2.14. The Hall–Kier alpha value is -2.23. The van der Waals surface area contributed by atoms with Gasteiger partial charge in [-0.05, 0) is 41.0 Å². The number of carbonyl (C=O) groups is 1. The second kappa shape index (κ2) is 4.71. The van der Waals surface area contributed by atoms with Gasteiger partial charge < -0.3 is 4.90 Å². The quantitative estimate of drug-likeness (QED) is 0.782. The van der Waals surface area contributed by atoms with Crippen molar-refractivity contribution in [2.45, 2.75) is 12.5 Å². The molecule has 0 unspecified atom stereocenters. The summed E-state index contributed by atoms with van der Waals surface area (Å²) < 4.78 is 26.4. The highest BCUT2D eigenvalue weighted by atomic mass is 19.1. The molecule has 0 radical (unpaired) electrons. The summed E-state index contributed by atoms with van der Waals surface area (Å²) in [7, 11) is 1.71. The van der Waals surface area contributed by atoms with Crippen molar-refractivity contribution in [3.63, 3.8) is 0 Å². The molecular weight excluding hydrogens is 260 g/mol. The molecule has 0 N–H and O–H groups in total. The van der Waals surface area contributed by atoms with E-state index in [2.05, 4.69) is 0 Å². The highest BCUT2D eigenvalue weighted by Gasteiger charge is 2.31. The van der Waals surface area contributed by atoms with Gasteiger partial charge in [-0.3, -0.25) is 4.79 Å². The molecule has 102 valence electrons. The monoisotopic (exact) mass is 273 g/mol. The molecule has 20 heavy (non-hydrogen) atoms. The van der Waals surface area contributed by atoms with Crippen LogP contribution in [0.15, 0.2) is 42.5 Å². The molecule has 1 atom stereocenters. The lowest BCUT2D eigenvalue weighted by Gasteiger charge is -2.35. The average Bonchev–Trinajstić information content (AvgIpc) is 2.42. The van der Waals surface area contributed by atoms with Crippen LogP contribution in [0.3, 0.4) is 0 Å². The Bertz CT molecular complexity index is 667. The first kappa shape index (κ1) is 12.8. The molecule has 0 saturated carbocycles. The summed E-state index contributed by atoms with van der Waals surface area (Å²) in [4.78, 5) is 13.7. The normalized spacial score (nSPS) is 18.1. The second-order valence-electron chi connectivity index (χ2n) is 4.98. The molecule has 1 heterocycles. The summed E-state index contributed by atoms with van der Waals surface area (Å²) in [5.41, 5.74) is 2.40. The van der Waals surface area contributed by atoms with Crippen LogP contribution in [0.4, 0.5) is 8.78 Å². The van der Waals surface area contributed by atoms with Crippen LogP contribution in [-0.4, -0.2) is 17.9 Å². The predicted molar refractivity (Wildman–Crippen MR) is 71.1 cm³/mol. The van der Waals surface area contributed by atoms with E-state index in [0.29, 0.717) is 5.56 Å². The molecule has 3 rings (SSSR count). The van der Waals surface area contributed by atoms with Crippen molar-refractivity contribution in [2.75, 3.05) is 7.05 Å². The molecule has 2 aromatic carbocycles. The number of amides is 1. The van der Waals surface area contributed by atoms with Crippen LogP contribution in [0, 0.1) is 11.6 Å². The molecular formula is C16H13F2NO. The first-order valence-electron chi connectivity index (χ1n) is 6.35. The van der Waals surface area contributed by atoms with Gasteiger partial charge in [-0.25, -0.2) is 8.78 Å². The van der Waals surface area contributed by atoms with E-state index in [4.69, 9.17) is 0 Å². The Morgan fingerprint density at radius 3 is 2.40 bits per heavy atom. The number of fused-ring (bicyclic) bond motifs is 1. The van der Waals surface area contributed by atoms with Gasteiger partial charge in [-0.2, -0.15) is 0 Å². The molecule has 1 aliphatic heterocycles. The third-order valence-corrected chi connectivity index (χ3v) is 3.71. The fraction of sp³-hybridized carbons (Fsp3) is 0.188. The van der Waals surface area contributed by atoms with E-state index in [1.54, 1.807) is 30.1 Å². The van der Waals surface area contributed by atoms with Crippen molar-refractivity contribution >= 4 is 5.91 Å². The molecule has 1 aliphatic rings. The largest absolute Gasteiger partial charge is 0.334 e. The fourth-order valence-corrected chi connectivity index (χ4v) is 2.68. The van der Waals surface area contributed by atoms with Gasteiger partial charge in [0.15, 0.2) is 0 Å². The number of hydrogen-bond donors (Lipinski definition) is 0. The Morgan fingerprint density at radius 1 is 1.05 bits per heavy atom. The number of nitrogens with zero attached hydrogens (tertiary/aromatic N) is 1. The molecule has 0 saturated heterocycles. The maximum absolute atomic E-state index is 13.3. The van der Waals surface area contributed by atoms with Gasteiger partial charge in [0.2, 0.25) is 5.91 Å². The smallest absolute Gasteiger partial charge is 0.227 e. The van der Waals surface area contributed by atoms with Crippen LogP contribution in [0.25, 0.3) is 0 Å². The van der Waals surface area contributed by atoms with E-state index >= 15 is 0 Å². The number of hydrogen-bond acceptors (Lipinski definition) is 1. The van der Waals surface area contributed by atoms with Crippen molar-refractivity contribution in [1.29, 1.82) is 0 Å². The van der Waals surface area contributed by atoms with Crippen LogP contribution >= 0.6 is 0 Å². The maximum Gasteiger partial charge on any atom is 0.227 e. The fourth-order valence-electron chi connectivity index (χ4n) is 2.68. The minimum absolute atomic E-state index is 0.0718. The van der Waals surface area contributed by atoms with E-state index in [0.717, 1.165) is 11.1 Å². The van der Waals surface area contributed by atoms with E-state index in [9.17, 15) is 13.6 Å². The summed E-state index contributed by atoms with van der Waals surface area (Å²) in [5, 5.41) is 0. The van der Waals surface area contributed by atoms with E-state index in [1.807, 2.05) is 0 Å². The topological polar surface area (TPSA) is 20.3 Å². The Labute approximate surface area is 115 Å². The molecule has 4 heteroatoms. The Morgan fingerprint density at radius 2 is 1.70 bits per heavy atom. The van der Waals surface area contributed by atoms with E-state index in [1.165, 1.54) is 24.3 Å². The summed E-state index contributed by atoms with van der Waals surface area (Å²) >= 11 is 0. The molecule has 2 aromatic rings. The van der Waals surface area contributed by atoms with Crippen molar-refractivity contribution in [2.24, 2.45) is 0 Å². The molecule has 2 nitrogen and oxygen atoms in total. The highest BCUT2D eigenvalue weighted by Crippen LogP contribution is 2.34. The summed E-state index contributed by atoms with van der Waals surface area (Å²) in [6, 6.07) is 10.2. The van der Waals surface area contributed by atoms with Gasteiger partial charge in [0, 0.05) is 7.05 Å². The number of likely N-dealkylation sites (N-methyl/N-ethyl adjacent to an activating group) is 1. The summed E-state index contributed by atoms with van der Waals surface area (Å²) in [6.45, 7) is 0. The van der Waals surface area contributed by atoms with Crippen molar-refractivity contribution in [3.8, 4) is 0 Å². The molecule has 0 aromatic heterocycles. The number of halogens is 2. The van der Waals surface area contributed by atoms with E-state index < -0.39 is 0 Å². The highest BCUT2D eigenvalue weighted by molar-refractivity contribution is 5.82. The molecule has 0 fully saturated rings. The lowest BCUT2D eigenvalue weighted by Crippen LogP contribution is -2.37. The van der Waals surface area contributed by atoms with Crippen LogP contribution in [0.2, 0.25) is 0 Å². The summed E-state index contributed by atoms with van der Waals surface area (Å²) in [5.74, 6) is -0.741. The van der Waals surface area contributed by atoms with Gasteiger partial charge >= 0.3 is 0 Å². The first-order valence-corrected chi connectivity index (χ1v) is 6.35. The van der Waals surface area contributed by atoms with Crippen molar-refractivity contribution in [3.05, 3.63) is 70.8 Å². The Kier molecular flexibility index (Phi) is 3.01. The zero-order valence-corrected chi connectivity index (χ0v) is 10.9. The van der Waals surface area contributed by atoms with Crippen molar-refractivity contribution < 1.29 is 13.6 Å². The lowest BCUT2D eigenvalue weighted by molar-refractivity contribution is -0.131. The SMILES string of the molecule is CN1C(=O)Cc2cc(F)ccc2[C@H]1c1ccc(F)cc1.